The van der Waals surface area contributed by atoms with Gasteiger partial charge in [0.25, 0.3) is 0 Å². The van der Waals surface area contributed by atoms with Gasteiger partial charge in [-0.05, 0) is 32.7 Å². The number of hydrogen-bond donors (Lipinski definition) is 2. The molecular weight excluding hydrogens is 231 g/mol. The number of rotatable bonds is 1. The maximum atomic E-state index is 9.11. The van der Waals surface area contributed by atoms with Crippen molar-refractivity contribution in [1.82, 2.24) is 0 Å². The largest absolute Gasteiger partial charge is 0.484 e. The van der Waals surface area contributed by atoms with Crippen molar-refractivity contribution in [3.8, 4) is 0 Å². The Morgan fingerprint density at radius 3 is 2.46 bits per heavy atom. The topological polar surface area (TPSA) is 40.5 Å². The van der Waals surface area contributed by atoms with Gasteiger partial charge in [-0.25, -0.2) is 0 Å². The van der Waals surface area contributed by atoms with Gasteiger partial charge in [0, 0.05) is 4.32 Å². The molecule has 1 rings (SSSR count). The molecule has 0 aromatic carbocycles. The molecule has 1 aliphatic carbocycles. The lowest BCUT2D eigenvalue weighted by Crippen LogP contribution is -2.29. The molecule has 0 saturated heterocycles. The van der Waals surface area contributed by atoms with Gasteiger partial charge >= 0.3 is 7.12 Å². The second kappa shape index (κ2) is 3.60. The van der Waals surface area contributed by atoms with Crippen LogP contribution >= 0.6 is 15.9 Å². The summed E-state index contributed by atoms with van der Waals surface area (Å²) in [5, 5.41) is 18.2. The van der Waals surface area contributed by atoms with Crippen LogP contribution in [0.4, 0.5) is 0 Å². The predicted octanol–water partition coefficient (Wildman–Crippen LogP) is 1.82. The molecule has 72 valence electrons. The Labute approximate surface area is 87.6 Å². The summed E-state index contributed by atoms with van der Waals surface area (Å²) >= 11 is 3.57. The van der Waals surface area contributed by atoms with E-state index < -0.39 is 7.12 Å². The number of halogens is 1. The summed E-state index contributed by atoms with van der Waals surface area (Å²) in [7, 11) is -1.33. The first-order chi connectivity index (χ1) is 5.84. The van der Waals surface area contributed by atoms with Crippen molar-refractivity contribution in [3.63, 3.8) is 0 Å². The van der Waals surface area contributed by atoms with E-state index in [0.717, 1.165) is 5.57 Å². The molecule has 0 amide bonds. The fourth-order valence-corrected chi connectivity index (χ4v) is 1.92. The highest BCUT2D eigenvalue weighted by atomic mass is 79.9. The molecule has 0 aromatic heterocycles. The van der Waals surface area contributed by atoms with Crippen molar-refractivity contribution >= 4 is 23.0 Å². The van der Waals surface area contributed by atoms with Gasteiger partial charge < -0.3 is 10.0 Å². The Kier molecular flexibility index (Phi) is 3.05. The van der Waals surface area contributed by atoms with Crippen LogP contribution in [0.15, 0.2) is 22.7 Å². The van der Waals surface area contributed by atoms with E-state index in [4.69, 9.17) is 10.0 Å². The first-order valence-corrected chi connectivity index (χ1v) is 5.07. The number of alkyl halides is 1. The van der Waals surface area contributed by atoms with E-state index in [1.807, 2.05) is 26.8 Å². The molecule has 0 aliphatic heterocycles. The van der Waals surface area contributed by atoms with Crippen molar-refractivity contribution in [2.45, 2.75) is 31.5 Å². The monoisotopic (exact) mass is 244 g/mol. The van der Waals surface area contributed by atoms with Crippen molar-refractivity contribution in [2.24, 2.45) is 0 Å². The van der Waals surface area contributed by atoms with Crippen molar-refractivity contribution in [3.05, 3.63) is 22.7 Å². The van der Waals surface area contributed by atoms with Crippen LogP contribution in [0, 0.1) is 0 Å². The summed E-state index contributed by atoms with van der Waals surface area (Å²) in [6.07, 6.45) is 2.64. The van der Waals surface area contributed by atoms with Gasteiger partial charge in [0.05, 0.1) is 0 Å². The minimum Gasteiger partial charge on any atom is -0.423 e. The zero-order chi connectivity index (χ0) is 10.2. The standard InChI is InChI=1S/C9H14BBrO2/c1-6-4-7(2)9(3,11)5-8(6)10(12)13/h4,12-13H,5H2,1-3H3. The maximum Gasteiger partial charge on any atom is 0.484 e. The zero-order valence-corrected chi connectivity index (χ0v) is 9.72. The van der Waals surface area contributed by atoms with Crippen molar-refractivity contribution < 1.29 is 10.0 Å². The molecule has 2 N–H and O–H groups in total. The summed E-state index contributed by atoms with van der Waals surface area (Å²) < 4.78 is -0.133. The highest BCUT2D eigenvalue weighted by molar-refractivity contribution is 9.10. The molecule has 0 bridgehead atoms. The van der Waals surface area contributed by atoms with Gasteiger partial charge in [0.15, 0.2) is 0 Å². The maximum absolute atomic E-state index is 9.11. The Morgan fingerprint density at radius 2 is 2.00 bits per heavy atom. The van der Waals surface area contributed by atoms with Gasteiger partial charge in [-0.3, -0.25) is 0 Å². The second-order valence-corrected chi connectivity index (χ2v) is 5.53. The quantitative estimate of drug-likeness (QED) is 0.546. The molecule has 13 heavy (non-hydrogen) atoms. The van der Waals surface area contributed by atoms with Crippen molar-refractivity contribution in [2.75, 3.05) is 0 Å². The first kappa shape index (κ1) is 11.0. The fourth-order valence-electron chi connectivity index (χ4n) is 1.50. The SMILES string of the molecule is CC1=CC(C)=C(B(O)O)CC1(C)Br. The Balaban J connectivity index is 3.05. The van der Waals surface area contributed by atoms with E-state index in [2.05, 4.69) is 15.9 Å². The van der Waals surface area contributed by atoms with E-state index in [1.54, 1.807) is 0 Å². The molecule has 0 aromatic rings. The Bertz CT molecular complexity index is 279. The van der Waals surface area contributed by atoms with E-state index in [9.17, 15) is 0 Å². The average Bonchev–Trinajstić information content (AvgIpc) is 1.97. The van der Waals surface area contributed by atoms with Gasteiger partial charge in [-0.2, -0.15) is 0 Å². The third-order valence-electron chi connectivity index (χ3n) is 2.60. The molecule has 1 aliphatic rings. The molecule has 1 atom stereocenters. The molecule has 2 nitrogen and oxygen atoms in total. The smallest absolute Gasteiger partial charge is 0.423 e. The summed E-state index contributed by atoms with van der Waals surface area (Å²) in [6.45, 7) is 5.98. The van der Waals surface area contributed by atoms with E-state index in [-0.39, 0.29) is 4.32 Å². The summed E-state index contributed by atoms with van der Waals surface area (Å²) in [5.41, 5.74) is 2.88. The van der Waals surface area contributed by atoms with Crippen LogP contribution in [0.25, 0.3) is 0 Å². The summed E-state index contributed by atoms with van der Waals surface area (Å²) in [6, 6.07) is 0. The van der Waals surface area contributed by atoms with E-state index in [1.165, 1.54) is 5.57 Å². The van der Waals surface area contributed by atoms with Crippen LogP contribution in [0.5, 0.6) is 0 Å². The lowest BCUT2D eigenvalue weighted by molar-refractivity contribution is 0.414. The molecule has 0 fully saturated rings. The van der Waals surface area contributed by atoms with Crippen LogP contribution in [0.1, 0.15) is 27.2 Å². The number of allylic oxidation sites excluding steroid dienone is 4. The van der Waals surface area contributed by atoms with Crippen LogP contribution in [0.2, 0.25) is 0 Å². The number of hydrogen-bond acceptors (Lipinski definition) is 2. The van der Waals surface area contributed by atoms with Crippen LogP contribution in [-0.4, -0.2) is 21.5 Å². The summed E-state index contributed by atoms with van der Waals surface area (Å²) in [4.78, 5) is 0. The highest BCUT2D eigenvalue weighted by Crippen LogP contribution is 2.39. The fraction of sp³-hybridized carbons (Fsp3) is 0.556. The normalized spacial score (nSPS) is 28.9. The lowest BCUT2D eigenvalue weighted by atomic mass is 9.68. The Hall–Kier alpha value is -0.0551. The molecule has 0 radical (unpaired) electrons. The average molecular weight is 245 g/mol. The van der Waals surface area contributed by atoms with Gasteiger partial charge in [-0.15, -0.1) is 0 Å². The lowest BCUT2D eigenvalue weighted by Gasteiger charge is -2.30. The molecule has 0 heterocycles. The molecule has 1 unspecified atom stereocenters. The third kappa shape index (κ3) is 2.24. The van der Waals surface area contributed by atoms with E-state index >= 15 is 0 Å². The Morgan fingerprint density at radius 1 is 1.46 bits per heavy atom. The second-order valence-electron chi connectivity index (χ2n) is 3.78. The third-order valence-corrected chi connectivity index (χ3v) is 3.50. The summed E-state index contributed by atoms with van der Waals surface area (Å²) in [5.74, 6) is 0. The molecular formula is C9H14BBrO2. The van der Waals surface area contributed by atoms with Crippen molar-refractivity contribution in [1.29, 1.82) is 0 Å². The minimum atomic E-state index is -1.33. The first-order valence-electron chi connectivity index (χ1n) is 4.28. The molecule has 4 heteroatoms. The molecule has 0 spiro atoms. The minimum absolute atomic E-state index is 0.133. The van der Waals surface area contributed by atoms with Gasteiger partial charge in [0.2, 0.25) is 0 Å². The zero-order valence-electron chi connectivity index (χ0n) is 8.13. The highest BCUT2D eigenvalue weighted by Gasteiger charge is 2.32. The predicted molar refractivity (Wildman–Crippen MR) is 58.6 cm³/mol. The van der Waals surface area contributed by atoms with Crippen LogP contribution in [-0.2, 0) is 0 Å². The van der Waals surface area contributed by atoms with Gasteiger partial charge in [0.1, 0.15) is 0 Å². The van der Waals surface area contributed by atoms with Crippen LogP contribution in [0.3, 0.4) is 0 Å². The molecule has 0 saturated carbocycles. The van der Waals surface area contributed by atoms with E-state index in [0.29, 0.717) is 11.9 Å². The van der Waals surface area contributed by atoms with Gasteiger partial charge in [-0.1, -0.05) is 33.2 Å². The van der Waals surface area contributed by atoms with Crippen LogP contribution < -0.4 is 0 Å².